The average Bonchev–Trinajstić information content (AvgIpc) is 2.64. The number of nitrogens with two attached hydrogens (primary N) is 1. The molecule has 0 amide bonds. The Bertz CT molecular complexity index is 661. The van der Waals surface area contributed by atoms with Crippen molar-refractivity contribution >= 4 is 11.1 Å². The van der Waals surface area contributed by atoms with Crippen LogP contribution in [0, 0.1) is 5.41 Å². The Morgan fingerprint density at radius 1 is 1.53 bits per heavy atom. The first-order valence-electron chi connectivity index (χ1n) is 6.53. The fraction of sp³-hybridized carbons (Fsp3) is 0.500. The highest BCUT2D eigenvalue weighted by atomic mass is 16.4. The van der Waals surface area contributed by atoms with E-state index in [1.54, 1.807) is 7.05 Å². The molecule has 1 atom stereocenters. The summed E-state index contributed by atoms with van der Waals surface area (Å²) in [4.78, 5) is 11.5. The van der Waals surface area contributed by atoms with Crippen molar-refractivity contribution in [2.75, 3.05) is 6.61 Å². The van der Waals surface area contributed by atoms with Crippen LogP contribution < -0.4 is 11.5 Å². The van der Waals surface area contributed by atoms with Crippen molar-refractivity contribution in [2.24, 2.45) is 18.2 Å². The molecular weight excluding hydrogens is 244 g/mol. The van der Waals surface area contributed by atoms with E-state index in [4.69, 9.17) is 10.2 Å². The van der Waals surface area contributed by atoms with Gasteiger partial charge >= 0.3 is 5.76 Å². The summed E-state index contributed by atoms with van der Waals surface area (Å²) in [5, 5.41) is 9.57. The normalized spacial score (nSPS) is 19.3. The van der Waals surface area contributed by atoms with Crippen LogP contribution in [0.15, 0.2) is 27.4 Å². The van der Waals surface area contributed by atoms with Crippen LogP contribution in [-0.4, -0.2) is 16.3 Å². The van der Waals surface area contributed by atoms with Crippen LogP contribution >= 0.6 is 0 Å². The van der Waals surface area contributed by atoms with Crippen LogP contribution in [0.25, 0.3) is 11.1 Å². The van der Waals surface area contributed by atoms with Crippen molar-refractivity contribution in [3.8, 4) is 0 Å². The number of benzene rings is 1. The molecular formula is C14H18N2O3. The maximum absolute atomic E-state index is 11.5. The minimum Gasteiger partial charge on any atom is -0.408 e. The third-order valence-corrected chi connectivity index (χ3v) is 4.50. The Balaban J connectivity index is 2.03. The Hall–Kier alpha value is -1.59. The standard InChI is InChI=1S/C14H18N2O3/c1-16-10-4-3-9(7-11(10)19-13(16)18)12(15)14(8-17)5-2-6-14/h3-4,7,12,17H,2,5-6,8,15H2,1H3. The second-order valence-electron chi connectivity index (χ2n) is 5.51. The summed E-state index contributed by atoms with van der Waals surface area (Å²) in [6, 6.07) is 5.36. The zero-order valence-corrected chi connectivity index (χ0v) is 10.9. The number of fused-ring (bicyclic) bond motifs is 1. The minimum absolute atomic E-state index is 0.102. The van der Waals surface area contributed by atoms with Gasteiger partial charge < -0.3 is 15.3 Å². The molecule has 0 aliphatic heterocycles. The van der Waals surface area contributed by atoms with Crippen molar-refractivity contribution in [3.63, 3.8) is 0 Å². The lowest BCUT2D eigenvalue weighted by Gasteiger charge is -2.45. The molecule has 0 saturated heterocycles. The SMILES string of the molecule is Cn1c(=O)oc2cc(C(N)C3(CO)CCC3)ccc21. The molecule has 5 nitrogen and oxygen atoms in total. The Labute approximate surface area is 110 Å². The van der Waals surface area contributed by atoms with Crippen molar-refractivity contribution in [3.05, 3.63) is 34.3 Å². The molecule has 0 bridgehead atoms. The molecule has 1 unspecified atom stereocenters. The van der Waals surface area contributed by atoms with Gasteiger partial charge in [0.25, 0.3) is 0 Å². The number of aliphatic hydroxyl groups excluding tert-OH is 1. The van der Waals surface area contributed by atoms with Crippen LogP contribution in [0.5, 0.6) is 0 Å². The number of oxazole rings is 1. The van der Waals surface area contributed by atoms with E-state index in [-0.39, 0.29) is 23.8 Å². The molecule has 1 aliphatic rings. The number of aromatic nitrogens is 1. The summed E-state index contributed by atoms with van der Waals surface area (Å²) in [7, 11) is 1.68. The van der Waals surface area contributed by atoms with Gasteiger partial charge in [0.15, 0.2) is 5.58 Å². The third-order valence-electron chi connectivity index (χ3n) is 4.50. The Morgan fingerprint density at radius 2 is 2.26 bits per heavy atom. The largest absolute Gasteiger partial charge is 0.419 e. The first-order valence-corrected chi connectivity index (χ1v) is 6.53. The summed E-state index contributed by atoms with van der Waals surface area (Å²) in [6.07, 6.45) is 3.00. The lowest BCUT2D eigenvalue weighted by Crippen LogP contribution is -2.43. The van der Waals surface area contributed by atoms with E-state index in [1.165, 1.54) is 4.57 Å². The highest BCUT2D eigenvalue weighted by Crippen LogP contribution is 2.48. The summed E-state index contributed by atoms with van der Waals surface area (Å²) in [5.41, 5.74) is 8.31. The van der Waals surface area contributed by atoms with E-state index in [0.29, 0.717) is 5.58 Å². The van der Waals surface area contributed by atoms with Crippen LogP contribution in [0.4, 0.5) is 0 Å². The first-order chi connectivity index (χ1) is 9.07. The zero-order valence-electron chi connectivity index (χ0n) is 10.9. The maximum Gasteiger partial charge on any atom is 0.419 e. The molecule has 1 aromatic carbocycles. The van der Waals surface area contributed by atoms with Gasteiger partial charge in [-0.25, -0.2) is 4.79 Å². The number of hydrogen-bond donors (Lipinski definition) is 2. The second kappa shape index (κ2) is 4.21. The fourth-order valence-corrected chi connectivity index (χ4v) is 2.90. The molecule has 0 spiro atoms. The van der Waals surface area contributed by atoms with Crippen molar-refractivity contribution in [2.45, 2.75) is 25.3 Å². The smallest absolute Gasteiger partial charge is 0.408 e. The lowest BCUT2D eigenvalue weighted by atomic mass is 9.63. The van der Waals surface area contributed by atoms with Gasteiger partial charge in [-0.3, -0.25) is 4.57 Å². The van der Waals surface area contributed by atoms with Gasteiger partial charge in [-0.05, 0) is 30.5 Å². The average molecular weight is 262 g/mol. The molecule has 102 valence electrons. The summed E-state index contributed by atoms with van der Waals surface area (Å²) < 4.78 is 6.64. The van der Waals surface area contributed by atoms with Crippen LogP contribution in [0.3, 0.4) is 0 Å². The maximum atomic E-state index is 11.5. The van der Waals surface area contributed by atoms with E-state index in [1.807, 2.05) is 18.2 Å². The summed E-state index contributed by atoms with van der Waals surface area (Å²) in [6.45, 7) is 0.102. The Kier molecular flexibility index (Phi) is 2.76. The predicted octanol–water partition coefficient (Wildman–Crippen LogP) is 1.29. The molecule has 3 rings (SSSR count). The monoisotopic (exact) mass is 262 g/mol. The summed E-state index contributed by atoms with van der Waals surface area (Å²) in [5.74, 6) is -0.374. The molecule has 3 N–H and O–H groups in total. The number of nitrogens with zero attached hydrogens (tertiary/aromatic N) is 1. The van der Waals surface area contributed by atoms with Crippen molar-refractivity contribution in [1.29, 1.82) is 0 Å². The number of hydrogen-bond acceptors (Lipinski definition) is 4. The van der Waals surface area contributed by atoms with E-state index in [0.717, 1.165) is 30.3 Å². The first kappa shape index (κ1) is 12.4. The van der Waals surface area contributed by atoms with E-state index in [2.05, 4.69) is 0 Å². The third kappa shape index (κ3) is 1.73. The quantitative estimate of drug-likeness (QED) is 0.873. The number of aryl methyl sites for hydroxylation is 1. The molecule has 1 heterocycles. The molecule has 19 heavy (non-hydrogen) atoms. The van der Waals surface area contributed by atoms with Gasteiger partial charge in [0.2, 0.25) is 0 Å². The van der Waals surface area contributed by atoms with Gasteiger partial charge in [0.1, 0.15) is 0 Å². The highest BCUT2D eigenvalue weighted by Gasteiger charge is 2.42. The molecule has 2 aromatic rings. The van der Waals surface area contributed by atoms with E-state index >= 15 is 0 Å². The lowest BCUT2D eigenvalue weighted by molar-refractivity contribution is 0.0184. The van der Waals surface area contributed by atoms with Gasteiger partial charge in [0.05, 0.1) is 12.1 Å². The van der Waals surface area contributed by atoms with Crippen LogP contribution in [-0.2, 0) is 7.05 Å². The van der Waals surface area contributed by atoms with Gasteiger partial charge in [-0.2, -0.15) is 0 Å². The zero-order chi connectivity index (χ0) is 13.6. The van der Waals surface area contributed by atoms with Crippen molar-refractivity contribution in [1.82, 2.24) is 4.57 Å². The molecule has 5 heteroatoms. The predicted molar refractivity (Wildman–Crippen MR) is 71.8 cm³/mol. The Morgan fingerprint density at radius 3 is 2.84 bits per heavy atom. The minimum atomic E-state index is -0.374. The molecule has 1 saturated carbocycles. The van der Waals surface area contributed by atoms with Gasteiger partial charge in [0, 0.05) is 18.5 Å². The number of rotatable bonds is 3. The molecule has 1 fully saturated rings. The highest BCUT2D eigenvalue weighted by molar-refractivity contribution is 5.73. The molecule has 0 radical (unpaired) electrons. The van der Waals surface area contributed by atoms with Gasteiger partial charge in [-0.15, -0.1) is 0 Å². The fourth-order valence-electron chi connectivity index (χ4n) is 2.90. The second-order valence-corrected chi connectivity index (χ2v) is 5.51. The van der Waals surface area contributed by atoms with Crippen LogP contribution in [0.2, 0.25) is 0 Å². The van der Waals surface area contributed by atoms with E-state index < -0.39 is 0 Å². The molecule has 1 aromatic heterocycles. The van der Waals surface area contributed by atoms with E-state index in [9.17, 15) is 9.90 Å². The van der Waals surface area contributed by atoms with Crippen molar-refractivity contribution < 1.29 is 9.52 Å². The topological polar surface area (TPSA) is 81.4 Å². The van der Waals surface area contributed by atoms with Crippen LogP contribution in [0.1, 0.15) is 30.9 Å². The molecule has 1 aliphatic carbocycles. The summed E-state index contributed by atoms with van der Waals surface area (Å²) >= 11 is 0. The van der Waals surface area contributed by atoms with Gasteiger partial charge in [-0.1, -0.05) is 12.5 Å². The number of aliphatic hydroxyl groups is 1.